The van der Waals surface area contributed by atoms with Crippen LogP contribution in [0.4, 0.5) is 5.13 Å². The Bertz CT molecular complexity index is 851. The van der Waals surface area contributed by atoms with Gasteiger partial charge in [0.05, 0.1) is 17.3 Å². The molecule has 4 rings (SSSR count). The van der Waals surface area contributed by atoms with Crippen LogP contribution in [0.2, 0.25) is 0 Å². The van der Waals surface area contributed by atoms with Gasteiger partial charge < -0.3 is 9.74 Å². The largest absolute Gasteiger partial charge is 0.375 e. The van der Waals surface area contributed by atoms with Crippen LogP contribution >= 0.6 is 11.3 Å². The second kappa shape index (κ2) is 6.53. The number of hydroxylamine groups is 2. The molecule has 0 atom stereocenters. The summed E-state index contributed by atoms with van der Waals surface area (Å²) in [6.07, 6.45) is 3.61. The number of anilines is 1. The predicted octanol–water partition coefficient (Wildman–Crippen LogP) is 2.75. The van der Waals surface area contributed by atoms with E-state index in [1.54, 1.807) is 12.1 Å². The highest BCUT2D eigenvalue weighted by Gasteiger charge is 2.39. The van der Waals surface area contributed by atoms with Crippen LogP contribution in [0.15, 0.2) is 30.5 Å². The molecular weight excluding hydrogens is 354 g/mol. The SMILES string of the molecule is CC1CCN(c2ncc(C(=O)ON3C(=O)c4ccccc4C3=O)s2)CC1. The van der Waals surface area contributed by atoms with E-state index >= 15 is 0 Å². The summed E-state index contributed by atoms with van der Waals surface area (Å²) >= 11 is 1.21. The van der Waals surface area contributed by atoms with E-state index < -0.39 is 17.8 Å². The molecule has 7 nitrogen and oxygen atoms in total. The standard InChI is InChI=1S/C18H17N3O4S/c1-11-6-8-20(9-7-11)18-19-10-14(26-18)17(24)25-21-15(22)12-4-2-3-5-13(12)16(21)23/h2-5,10-11H,6-9H2,1H3. The third kappa shape index (κ3) is 2.86. The lowest BCUT2D eigenvalue weighted by atomic mass is 10.00. The number of hydrogen-bond donors (Lipinski definition) is 0. The highest BCUT2D eigenvalue weighted by molar-refractivity contribution is 7.17. The molecular formula is C18H17N3O4S. The van der Waals surface area contributed by atoms with E-state index in [0.29, 0.717) is 11.0 Å². The Morgan fingerprint density at radius 3 is 2.38 bits per heavy atom. The second-order valence-electron chi connectivity index (χ2n) is 6.51. The van der Waals surface area contributed by atoms with Crippen LogP contribution in [-0.4, -0.2) is 40.9 Å². The first-order valence-electron chi connectivity index (χ1n) is 8.45. The summed E-state index contributed by atoms with van der Waals surface area (Å²) in [5.41, 5.74) is 0.468. The molecule has 0 aliphatic carbocycles. The van der Waals surface area contributed by atoms with E-state index in [9.17, 15) is 14.4 Å². The van der Waals surface area contributed by atoms with Gasteiger partial charge in [-0.3, -0.25) is 9.59 Å². The number of carbonyl (C=O) groups is 3. The monoisotopic (exact) mass is 371 g/mol. The summed E-state index contributed by atoms with van der Waals surface area (Å²) in [6.45, 7) is 4.03. The molecule has 2 aromatic rings. The van der Waals surface area contributed by atoms with Gasteiger partial charge in [-0.25, -0.2) is 9.78 Å². The Morgan fingerprint density at radius 1 is 1.15 bits per heavy atom. The quantitative estimate of drug-likeness (QED) is 0.772. The van der Waals surface area contributed by atoms with E-state index in [1.165, 1.54) is 29.7 Å². The van der Waals surface area contributed by atoms with Crippen molar-refractivity contribution >= 4 is 34.3 Å². The normalized spacial score (nSPS) is 17.6. The molecule has 134 valence electrons. The lowest BCUT2D eigenvalue weighted by Crippen LogP contribution is -2.32. The summed E-state index contributed by atoms with van der Waals surface area (Å²) < 4.78 is 0. The van der Waals surface area contributed by atoms with Crippen molar-refractivity contribution in [1.82, 2.24) is 10.0 Å². The van der Waals surface area contributed by atoms with Gasteiger partial charge in [0, 0.05) is 13.1 Å². The van der Waals surface area contributed by atoms with Crippen LogP contribution in [-0.2, 0) is 4.84 Å². The zero-order chi connectivity index (χ0) is 18.3. The van der Waals surface area contributed by atoms with Crippen LogP contribution in [0.1, 0.15) is 50.2 Å². The molecule has 0 bridgehead atoms. The smallest absolute Gasteiger partial charge is 0.348 e. The Hall–Kier alpha value is -2.74. The number of thiazole rings is 1. The molecule has 0 radical (unpaired) electrons. The lowest BCUT2D eigenvalue weighted by molar-refractivity contribution is -0.0581. The van der Waals surface area contributed by atoms with Gasteiger partial charge >= 0.3 is 5.97 Å². The summed E-state index contributed by atoms with van der Waals surface area (Å²) in [5, 5.41) is 1.28. The minimum Gasteiger partial charge on any atom is -0.348 e. The molecule has 0 spiro atoms. The predicted molar refractivity (Wildman–Crippen MR) is 95.1 cm³/mol. The number of benzene rings is 1. The molecule has 1 aromatic heterocycles. The zero-order valence-corrected chi connectivity index (χ0v) is 15.0. The summed E-state index contributed by atoms with van der Waals surface area (Å²) in [4.78, 5) is 48.7. The number of piperidine rings is 1. The maximum absolute atomic E-state index is 12.4. The number of aromatic nitrogens is 1. The van der Waals surface area contributed by atoms with E-state index in [2.05, 4.69) is 16.8 Å². The lowest BCUT2D eigenvalue weighted by Gasteiger charge is -2.29. The van der Waals surface area contributed by atoms with Gasteiger partial charge in [0.15, 0.2) is 5.13 Å². The van der Waals surface area contributed by atoms with Crippen molar-refractivity contribution in [1.29, 1.82) is 0 Å². The maximum atomic E-state index is 12.4. The third-order valence-corrected chi connectivity index (χ3v) is 5.72. The Labute approximate surface area is 154 Å². The number of carbonyl (C=O) groups excluding carboxylic acids is 3. The summed E-state index contributed by atoms with van der Waals surface area (Å²) in [7, 11) is 0. The molecule has 2 aliphatic heterocycles. The molecule has 0 N–H and O–H groups in total. The van der Waals surface area contributed by atoms with Gasteiger partial charge in [0.1, 0.15) is 4.88 Å². The van der Waals surface area contributed by atoms with Gasteiger partial charge in [-0.2, -0.15) is 0 Å². The van der Waals surface area contributed by atoms with E-state index in [1.807, 2.05) is 0 Å². The van der Waals surface area contributed by atoms with Crippen molar-refractivity contribution in [3.8, 4) is 0 Å². The number of imide groups is 1. The van der Waals surface area contributed by atoms with Crippen molar-refractivity contribution in [2.24, 2.45) is 5.92 Å². The van der Waals surface area contributed by atoms with Crippen LogP contribution in [0.25, 0.3) is 0 Å². The highest BCUT2D eigenvalue weighted by atomic mass is 32.1. The molecule has 0 saturated carbocycles. The first-order valence-corrected chi connectivity index (χ1v) is 9.27. The Balaban J connectivity index is 1.46. The van der Waals surface area contributed by atoms with Crippen molar-refractivity contribution < 1.29 is 19.2 Å². The van der Waals surface area contributed by atoms with Crippen LogP contribution in [0.3, 0.4) is 0 Å². The van der Waals surface area contributed by atoms with Gasteiger partial charge in [-0.05, 0) is 30.9 Å². The number of nitrogens with zero attached hydrogens (tertiary/aromatic N) is 3. The average Bonchev–Trinajstić information content (AvgIpc) is 3.23. The van der Waals surface area contributed by atoms with Crippen molar-refractivity contribution in [3.63, 3.8) is 0 Å². The minimum absolute atomic E-state index is 0.234. The topological polar surface area (TPSA) is 79.8 Å². The molecule has 2 aliphatic rings. The highest BCUT2D eigenvalue weighted by Crippen LogP contribution is 2.29. The molecule has 1 fully saturated rings. The fourth-order valence-electron chi connectivity index (χ4n) is 3.08. The fourth-order valence-corrected chi connectivity index (χ4v) is 3.92. The molecule has 8 heteroatoms. The molecule has 1 saturated heterocycles. The second-order valence-corrected chi connectivity index (χ2v) is 7.51. The zero-order valence-electron chi connectivity index (χ0n) is 14.2. The molecule has 3 heterocycles. The average molecular weight is 371 g/mol. The van der Waals surface area contributed by atoms with E-state index in [4.69, 9.17) is 4.84 Å². The number of amides is 2. The summed E-state index contributed by atoms with van der Waals surface area (Å²) in [6, 6.07) is 6.38. The molecule has 0 unspecified atom stereocenters. The van der Waals surface area contributed by atoms with Crippen molar-refractivity contribution in [2.75, 3.05) is 18.0 Å². The van der Waals surface area contributed by atoms with E-state index in [0.717, 1.165) is 31.1 Å². The Morgan fingerprint density at radius 2 is 1.77 bits per heavy atom. The molecule has 2 amide bonds. The van der Waals surface area contributed by atoms with Crippen LogP contribution in [0, 0.1) is 5.92 Å². The maximum Gasteiger partial charge on any atom is 0.375 e. The van der Waals surface area contributed by atoms with Gasteiger partial charge in [0.2, 0.25) is 0 Å². The van der Waals surface area contributed by atoms with E-state index in [-0.39, 0.29) is 16.0 Å². The number of rotatable bonds is 3. The van der Waals surface area contributed by atoms with Crippen LogP contribution < -0.4 is 4.90 Å². The summed E-state index contributed by atoms with van der Waals surface area (Å²) in [5.74, 6) is -1.32. The minimum atomic E-state index is -0.756. The third-order valence-electron chi connectivity index (χ3n) is 4.68. The Kier molecular flexibility index (Phi) is 4.20. The first-order chi connectivity index (χ1) is 12.5. The van der Waals surface area contributed by atoms with Gasteiger partial charge in [0.25, 0.3) is 11.8 Å². The van der Waals surface area contributed by atoms with Gasteiger partial charge in [-0.1, -0.05) is 35.5 Å². The van der Waals surface area contributed by atoms with Crippen molar-refractivity contribution in [3.05, 3.63) is 46.5 Å². The first kappa shape index (κ1) is 16.7. The van der Waals surface area contributed by atoms with Crippen LogP contribution in [0.5, 0.6) is 0 Å². The number of fused-ring (bicyclic) bond motifs is 1. The fraction of sp³-hybridized carbons (Fsp3) is 0.333. The van der Waals surface area contributed by atoms with Gasteiger partial charge in [-0.15, -0.1) is 0 Å². The molecule has 1 aromatic carbocycles. The van der Waals surface area contributed by atoms with Crippen molar-refractivity contribution in [2.45, 2.75) is 19.8 Å². The molecule has 26 heavy (non-hydrogen) atoms. The number of hydrogen-bond acceptors (Lipinski definition) is 7.